The molecule has 2 aromatic rings. The van der Waals surface area contributed by atoms with E-state index in [0.29, 0.717) is 6.04 Å². The Hall–Kier alpha value is -1.85. The molecule has 0 radical (unpaired) electrons. The number of hydrogen-bond acceptors (Lipinski definition) is 4. The second-order valence-electron chi connectivity index (χ2n) is 7.92. The number of morpholine rings is 1. The van der Waals surface area contributed by atoms with Crippen LogP contribution in [0.1, 0.15) is 43.9 Å². The Morgan fingerprint density at radius 2 is 2.00 bits per heavy atom. The molecule has 146 valence electrons. The van der Waals surface area contributed by atoms with Gasteiger partial charge in [-0.3, -0.25) is 9.69 Å². The van der Waals surface area contributed by atoms with Crippen molar-refractivity contribution in [3.05, 3.63) is 39.7 Å². The van der Waals surface area contributed by atoms with Gasteiger partial charge >= 0.3 is 0 Å². The fraction of sp³-hybridized carbons (Fsp3) is 0.591. The second kappa shape index (κ2) is 8.03. The Morgan fingerprint density at radius 1 is 1.19 bits per heavy atom. The van der Waals surface area contributed by atoms with Gasteiger partial charge < -0.3 is 14.6 Å². The Balaban J connectivity index is 1.69. The number of pyridine rings is 1. The smallest absolute Gasteiger partial charge is 0.194 e. The Kier molecular flexibility index (Phi) is 5.50. The lowest BCUT2D eigenvalue weighted by atomic mass is 9.98. The van der Waals surface area contributed by atoms with Crippen LogP contribution in [0.15, 0.2) is 23.0 Å². The minimum atomic E-state index is 0.191. The van der Waals surface area contributed by atoms with Gasteiger partial charge in [-0.25, -0.2) is 0 Å². The number of H-pyrrole nitrogens is 1. The van der Waals surface area contributed by atoms with E-state index in [1.54, 1.807) is 0 Å². The Morgan fingerprint density at radius 3 is 2.78 bits per heavy atom. The predicted molar refractivity (Wildman–Crippen MR) is 111 cm³/mol. The van der Waals surface area contributed by atoms with Gasteiger partial charge in [0.1, 0.15) is 0 Å². The standard InChI is InChI=1S/C22H31N3O2/c1-3-17-6-4-5-9-25(17)15-20-16(2)23-21-8-7-18(14-19(21)22(20)26)24-10-12-27-13-11-24/h7-8,14,17H,3-6,9-13,15H2,1-2H3,(H,23,26)/t17-/m0/s1. The van der Waals surface area contributed by atoms with Gasteiger partial charge in [0.25, 0.3) is 0 Å². The number of nitrogens with zero attached hydrogens (tertiary/aromatic N) is 2. The molecule has 0 amide bonds. The monoisotopic (exact) mass is 369 g/mol. The van der Waals surface area contributed by atoms with E-state index in [2.05, 4.69) is 33.8 Å². The van der Waals surface area contributed by atoms with Crippen molar-refractivity contribution < 1.29 is 4.74 Å². The largest absolute Gasteiger partial charge is 0.378 e. The van der Waals surface area contributed by atoms with Gasteiger partial charge in [-0.05, 0) is 50.9 Å². The molecule has 5 heteroatoms. The summed E-state index contributed by atoms with van der Waals surface area (Å²) in [6, 6.07) is 6.83. The minimum Gasteiger partial charge on any atom is -0.378 e. The van der Waals surface area contributed by atoms with Crippen LogP contribution in [0.2, 0.25) is 0 Å². The van der Waals surface area contributed by atoms with E-state index in [9.17, 15) is 4.79 Å². The van der Waals surface area contributed by atoms with Crippen LogP contribution >= 0.6 is 0 Å². The molecule has 1 aromatic heterocycles. The molecule has 2 aliphatic heterocycles. The number of aromatic nitrogens is 1. The first-order chi connectivity index (χ1) is 13.2. The summed E-state index contributed by atoms with van der Waals surface area (Å²) in [4.78, 5) is 21.7. The number of aromatic amines is 1. The van der Waals surface area contributed by atoms with E-state index in [1.807, 2.05) is 13.0 Å². The molecule has 0 bridgehead atoms. The first kappa shape index (κ1) is 18.5. The van der Waals surface area contributed by atoms with Gasteiger partial charge in [0, 0.05) is 53.5 Å². The topological polar surface area (TPSA) is 48.6 Å². The summed E-state index contributed by atoms with van der Waals surface area (Å²) in [5.41, 5.74) is 4.19. The van der Waals surface area contributed by atoms with E-state index in [-0.39, 0.29) is 5.43 Å². The van der Waals surface area contributed by atoms with Crippen molar-refractivity contribution in [2.24, 2.45) is 0 Å². The Labute approximate surface area is 161 Å². The van der Waals surface area contributed by atoms with E-state index in [4.69, 9.17) is 4.74 Å². The third kappa shape index (κ3) is 3.76. The van der Waals surface area contributed by atoms with Crippen molar-refractivity contribution in [1.82, 2.24) is 9.88 Å². The molecule has 0 aliphatic carbocycles. The zero-order valence-corrected chi connectivity index (χ0v) is 16.6. The second-order valence-corrected chi connectivity index (χ2v) is 7.92. The first-order valence-electron chi connectivity index (χ1n) is 10.4. The molecule has 4 rings (SSSR count). The number of piperidine rings is 1. The average molecular weight is 370 g/mol. The zero-order chi connectivity index (χ0) is 18.8. The number of benzene rings is 1. The summed E-state index contributed by atoms with van der Waals surface area (Å²) in [6.45, 7) is 9.43. The predicted octanol–water partition coefficient (Wildman–Crippen LogP) is 3.44. The zero-order valence-electron chi connectivity index (χ0n) is 16.6. The van der Waals surface area contributed by atoms with Crippen LogP contribution in [0.25, 0.3) is 10.9 Å². The maximum atomic E-state index is 13.4. The molecule has 3 heterocycles. The van der Waals surface area contributed by atoms with Gasteiger partial charge in [-0.15, -0.1) is 0 Å². The maximum absolute atomic E-state index is 13.4. The maximum Gasteiger partial charge on any atom is 0.194 e. The van der Waals surface area contributed by atoms with Gasteiger partial charge in [-0.1, -0.05) is 13.3 Å². The van der Waals surface area contributed by atoms with Crippen LogP contribution in [0.4, 0.5) is 5.69 Å². The van der Waals surface area contributed by atoms with Crippen LogP contribution in [-0.2, 0) is 11.3 Å². The number of rotatable bonds is 4. The van der Waals surface area contributed by atoms with Gasteiger partial charge in [0.05, 0.1) is 13.2 Å². The van der Waals surface area contributed by atoms with Gasteiger partial charge in [-0.2, -0.15) is 0 Å². The summed E-state index contributed by atoms with van der Waals surface area (Å²) in [5.74, 6) is 0. The molecule has 2 saturated heterocycles. The first-order valence-corrected chi connectivity index (χ1v) is 10.4. The molecule has 27 heavy (non-hydrogen) atoms. The third-order valence-corrected chi connectivity index (χ3v) is 6.25. The molecule has 5 nitrogen and oxygen atoms in total. The summed E-state index contributed by atoms with van der Waals surface area (Å²) < 4.78 is 5.46. The number of aryl methyl sites for hydroxylation is 1. The molecule has 0 saturated carbocycles. The normalized spacial score (nSPS) is 21.7. The van der Waals surface area contributed by atoms with Crippen molar-refractivity contribution in [3.63, 3.8) is 0 Å². The average Bonchev–Trinajstić information content (AvgIpc) is 2.72. The van der Waals surface area contributed by atoms with E-state index >= 15 is 0 Å². The Bertz CT molecular complexity index is 854. The summed E-state index contributed by atoms with van der Waals surface area (Å²) in [6.07, 6.45) is 4.96. The van der Waals surface area contributed by atoms with Crippen LogP contribution in [0.5, 0.6) is 0 Å². The number of hydrogen-bond donors (Lipinski definition) is 1. The quantitative estimate of drug-likeness (QED) is 0.897. The molecule has 1 aromatic carbocycles. The fourth-order valence-electron chi connectivity index (χ4n) is 4.58. The number of nitrogens with one attached hydrogen (secondary N) is 1. The van der Waals surface area contributed by atoms with Crippen molar-refractivity contribution in [3.8, 4) is 0 Å². The van der Waals surface area contributed by atoms with E-state index in [1.165, 1.54) is 19.3 Å². The number of fused-ring (bicyclic) bond motifs is 1. The lowest BCUT2D eigenvalue weighted by Crippen LogP contribution is -2.40. The minimum absolute atomic E-state index is 0.191. The summed E-state index contributed by atoms with van der Waals surface area (Å²) in [5, 5.41) is 0.810. The molecule has 1 atom stereocenters. The van der Waals surface area contributed by atoms with Crippen molar-refractivity contribution in [1.29, 1.82) is 0 Å². The van der Waals surface area contributed by atoms with E-state index in [0.717, 1.165) is 73.7 Å². The lowest BCUT2D eigenvalue weighted by molar-refractivity contribution is 0.122. The molecule has 2 aliphatic rings. The lowest BCUT2D eigenvalue weighted by Gasteiger charge is -2.35. The highest BCUT2D eigenvalue weighted by Crippen LogP contribution is 2.24. The number of anilines is 1. The molecule has 1 N–H and O–H groups in total. The molecule has 2 fully saturated rings. The van der Waals surface area contributed by atoms with Crippen molar-refractivity contribution >= 4 is 16.6 Å². The van der Waals surface area contributed by atoms with Crippen molar-refractivity contribution in [2.75, 3.05) is 37.7 Å². The van der Waals surface area contributed by atoms with Crippen LogP contribution in [0.3, 0.4) is 0 Å². The number of likely N-dealkylation sites (tertiary alicyclic amines) is 1. The molecular formula is C22H31N3O2. The molecule has 0 spiro atoms. The van der Waals surface area contributed by atoms with Crippen LogP contribution in [0, 0.1) is 6.92 Å². The summed E-state index contributed by atoms with van der Waals surface area (Å²) in [7, 11) is 0. The molecule has 0 unspecified atom stereocenters. The van der Waals surface area contributed by atoms with Gasteiger partial charge in [0.15, 0.2) is 5.43 Å². The third-order valence-electron chi connectivity index (χ3n) is 6.25. The SMILES string of the molecule is CC[C@H]1CCCCN1Cc1c(C)[nH]c2ccc(N3CCOCC3)cc2c1=O. The highest BCUT2D eigenvalue weighted by atomic mass is 16.5. The van der Waals surface area contributed by atoms with Gasteiger partial charge in [0.2, 0.25) is 0 Å². The highest BCUT2D eigenvalue weighted by Gasteiger charge is 2.23. The highest BCUT2D eigenvalue weighted by molar-refractivity contribution is 5.83. The van der Waals surface area contributed by atoms with Crippen molar-refractivity contribution in [2.45, 2.75) is 52.1 Å². The van der Waals surface area contributed by atoms with Crippen LogP contribution in [-0.4, -0.2) is 48.8 Å². The number of ether oxygens (including phenoxy) is 1. The molecular weight excluding hydrogens is 338 g/mol. The fourth-order valence-corrected chi connectivity index (χ4v) is 4.58. The summed E-state index contributed by atoms with van der Waals surface area (Å²) >= 11 is 0. The van der Waals surface area contributed by atoms with Crippen LogP contribution < -0.4 is 10.3 Å². The van der Waals surface area contributed by atoms with E-state index < -0.39 is 0 Å².